The lowest BCUT2D eigenvalue weighted by Crippen LogP contribution is -2.25. The molecule has 0 spiro atoms. The molecule has 0 aromatic carbocycles. The quantitative estimate of drug-likeness (QED) is 0.859. The van der Waals surface area contributed by atoms with Crippen LogP contribution in [0.3, 0.4) is 0 Å². The topological polar surface area (TPSA) is 63.8 Å². The molecule has 1 N–H and O–H groups in total. The summed E-state index contributed by atoms with van der Waals surface area (Å²) in [5, 5.41) is 9.09. The number of hydrogen-bond donors (Lipinski definition) is 1. The summed E-state index contributed by atoms with van der Waals surface area (Å²) >= 11 is 1.52. The third-order valence-corrected chi connectivity index (χ3v) is 2.61. The Bertz CT molecular complexity index is 424. The second-order valence-electron chi connectivity index (χ2n) is 3.74. The van der Waals surface area contributed by atoms with E-state index in [9.17, 15) is 0 Å². The molecule has 86 valence electrons. The molecule has 0 aliphatic rings. The highest BCUT2D eigenvalue weighted by Crippen LogP contribution is 2.15. The van der Waals surface area contributed by atoms with Crippen LogP contribution in [-0.2, 0) is 6.42 Å². The standard InChI is InChI=1S/C10H14N4OS/c1-7(2)11-4-3-9-13-10(14-15-9)8-5-16-6-12-8/h5-7,11H,3-4H2,1-2H3. The number of rotatable bonds is 5. The van der Waals surface area contributed by atoms with Gasteiger partial charge in [-0.2, -0.15) is 4.98 Å². The smallest absolute Gasteiger partial charge is 0.228 e. The highest BCUT2D eigenvalue weighted by atomic mass is 32.1. The Kier molecular flexibility index (Phi) is 3.63. The lowest BCUT2D eigenvalue weighted by molar-refractivity contribution is 0.374. The fourth-order valence-electron chi connectivity index (χ4n) is 1.25. The third kappa shape index (κ3) is 2.86. The summed E-state index contributed by atoms with van der Waals surface area (Å²) in [5.74, 6) is 1.22. The van der Waals surface area contributed by atoms with Crippen molar-refractivity contribution in [3.8, 4) is 11.5 Å². The first-order valence-electron chi connectivity index (χ1n) is 5.20. The fraction of sp³-hybridized carbons (Fsp3) is 0.500. The van der Waals surface area contributed by atoms with Gasteiger partial charge in [-0.15, -0.1) is 11.3 Å². The van der Waals surface area contributed by atoms with E-state index in [4.69, 9.17) is 4.52 Å². The largest absolute Gasteiger partial charge is 0.339 e. The SMILES string of the molecule is CC(C)NCCc1nc(-c2cscn2)no1. The zero-order valence-corrected chi connectivity index (χ0v) is 10.1. The van der Waals surface area contributed by atoms with E-state index in [1.807, 2.05) is 5.38 Å². The Labute approximate surface area is 97.9 Å². The summed E-state index contributed by atoms with van der Waals surface area (Å²) in [4.78, 5) is 8.40. The Morgan fingerprint density at radius 3 is 3.06 bits per heavy atom. The molecule has 0 fully saturated rings. The average Bonchev–Trinajstić information content (AvgIpc) is 2.85. The van der Waals surface area contributed by atoms with Gasteiger partial charge in [0.05, 0.1) is 5.51 Å². The van der Waals surface area contributed by atoms with Crippen molar-refractivity contribution in [3.63, 3.8) is 0 Å². The van der Waals surface area contributed by atoms with E-state index >= 15 is 0 Å². The molecule has 0 aliphatic carbocycles. The Hall–Kier alpha value is -1.27. The van der Waals surface area contributed by atoms with E-state index < -0.39 is 0 Å². The number of nitrogens with one attached hydrogen (secondary N) is 1. The van der Waals surface area contributed by atoms with Gasteiger partial charge in [0.15, 0.2) is 0 Å². The number of hydrogen-bond acceptors (Lipinski definition) is 6. The van der Waals surface area contributed by atoms with E-state index in [-0.39, 0.29) is 0 Å². The van der Waals surface area contributed by atoms with Crippen LogP contribution in [0.15, 0.2) is 15.4 Å². The van der Waals surface area contributed by atoms with Gasteiger partial charge in [-0.1, -0.05) is 19.0 Å². The molecule has 0 unspecified atom stereocenters. The highest BCUT2D eigenvalue weighted by molar-refractivity contribution is 7.07. The van der Waals surface area contributed by atoms with Crippen molar-refractivity contribution in [2.45, 2.75) is 26.3 Å². The van der Waals surface area contributed by atoms with Crippen molar-refractivity contribution in [2.24, 2.45) is 0 Å². The third-order valence-electron chi connectivity index (χ3n) is 2.02. The van der Waals surface area contributed by atoms with E-state index in [1.54, 1.807) is 5.51 Å². The zero-order chi connectivity index (χ0) is 11.4. The van der Waals surface area contributed by atoms with Crippen molar-refractivity contribution in [3.05, 3.63) is 16.8 Å². The van der Waals surface area contributed by atoms with Gasteiger partial charge in [-0.3, -0.25) is 0 Å². The van der Waals surface area contributed by atoms with Crippen molar-refractivity contribution in [1.82, 2.24) is 20.4 Å². The van der Waals surface area contributed by atoms with Crippen LogP contribution in [0.2, 0.25) is 0 Å². The fourth-order valence-corrected chi connectivity index (χ4v) is 1.78. The van der Waals surface area contributed by atoms with Gasteiger partial charge in [0.2, 0.25) is 11.7 Å². The lowest BCUT2D eigenvalue weighted by atomic mass is 10.3. The van der Waals surface area contributed by atoms with Crippen molar-refractivity contribution >= 4 is 11.3 Å². The van der Waals surface area contributed by atoms with Gasteiger partial charge >= 0.3 is 0 Å². The molecule has 2 aromatic heterocycles. The monoisotopic (exact) mass is 238 g/mol. The average molecular weight is 238 g/mol. The molecule has 0 saturated carbocycles. The van der Waals surface area contributed by atoms with Crippen LogP contribution >= 0.6 is 11.3 Å². The lowest BCUT2D eigenvalue weighted by Gasteiger charge is -2.04. The molecule has 2 heterocycles. The summed E-state index contributed by atoms with van der Waals surface area (Å²) in [6.07, 6.45) is 0.745. The summed E-state index contributed by atoms with van der Waals surface area (Å²) in [5.41, 5.74) is 2.53. The summed E-state index contributed by atoms with van der Waals surface area (Å²) < 4.78 is 5.13. The molecule has 5 nitrogen and oxygen atoms in total. The molecule has 0 aliphatic heterocycles. The minimum atomic E-state index is 0.473. The maximum atomic E-state index is 5.13. The van der Waals surface area contributed by atoms with Crippen LogP contribution in [0.4, 0.5) is 0 Å². The Morgan fingerprint density at radius 2 is 2.38 bits per heavy atom. The van der Waals surface area contributed by atoms with Gasteiger partial charge in [-0.05, 0) is 0 Å². The van der Waals surface area contributed by atoms with Crippen LogP contribution < -0.4 is 5.32 Å². The second-order valence-corrected chi connectivity index (χ2v) is 4.46. The highest BCUT2D eigenvalue weighted by Gasteiger charge is 2.09. The van der Waals surface area contributed by atoms with Crippen LogP contribution in [0.5, 0.6) is 0 Å². The molecular formula is C10H14N4OS. The molecule has 0 atom stereocenters. The predicted octanol–water partition coefficient (Wildman–Crippen LogP) is 1.73. The number of aromatic nitrogens is 3. The normalized spacial score (nSPS) is 11.2. The summed E-state index contributed by atoms with van der Waals surface area (Å²) in [7, 11) is 0. The first-order valence-corrected chi connectivity index (χ1v) is 6.14. The minimum Gasteiger partial charge on any atom is -0.339 e. The van der Waals surface area contributed by atoms with E-state index in [0.29, 0.717) is 17.8 Å². The van der Waals surface area contributed by atoms with Crippen LogP contribution in [0, 0.1) is 0 Å². The Morgan fingerprint density at radius 1 is 1.50 bits per heavy atom. The molecule has 0 saturated heterocycles. The van der Waals surface area contributed by atoms with E-state index in [2.05, 4.69) is 34.3 Å². The molecule has 0 bridgehead atoms. The van der Waals surface area contributed by atoms with Gasteiger partial charge in [-0.25, -0.2) is 4.98 Å². The summed E-state index contributed by atoms with van der Waals surface area (Å²) in [6, 6.07) is 0.473. The van der Waals surface area contributed by atoms with Crippen molar-refractivity contribution in [2.75, 3.05) is 6.54 Å². The van der Waals surface area contributed by atoms with E-state index in [0.717, 1.165) is 18.7 Å². The van der Waals surface area contributed by atoms with Crippen LogP contribution in [0.1, 0.15) is 19.7 Å². The Balaban J connectivity index is 1.93. The zero-order valence-electron chi connectivity index (χ0n) is 9.30. The van der Waals surface area contributed by atoms with E-state index in [1.165, 1.54) is 11.3 Å². The first kappa shape index (κ1) is 11.2. The minimum absolute atomic E-state index is 0.473. The van der Waals surface area contributed by atoms with Crippen molar-refractivity contribution in [1.29, 1.82) is 0 Å². The number of thiazole rings is 1. The maximum Gasteiger partial charge on any atom is 0.228 e. The van der Waals surface area contributed by atoms with Gasteiger partial charge in [0, 0.05) is 24.4 Å². The first-order chi connectivity index (χ1) is 7.75. The van der Waals surface area contributed by atoms with Crippen molar-refractivity contribution < 1.29 is 4.52 Å². The predicted molar refractivity (Wildman–Crippen MR) is 62.2 cm³/mol. The molecule has 0 amide bonds. The van der Waals surface area contributed by atoms with Crippen LogP contribution in [-0.4, -0.2) is 27.7 Å². The van der Waals surface area contributed by atoms with Crippen LogP contribution in [0.25, 0.3) is 11.5 Å². The molecule has 2 aromatic rings. The molecule has 6 heteroatoms. The number of nitrogens with zero attached hydrogens (tertiary/aromatic N) is 3. The molecular weight excluding hydrogens is 224 g/mol. The van der Waals surface area contributed by atoms with Gasteiger partial charge < -0.3 is 9.84 Å². The van der Waals surface area contributed by atoms with Gasteiger partial charge in [0.25, 0.3) is 0 Å². The molecule has 0 radical (unpaired) electrons. The molecule has 16 heavy (non-hydrogen) atoms. The second kappa shape index (κ2) is 5.18. The summed E-state index contributed by atoms with van der Waals surface area (Å²) in [6.45, 7) is 5.05. The van der Waals surface area contributed by atoms with Gasteiger partial charge in [0.1, 0.15) is 5.69 Å². The molecule has 2 rings (SSSR count). The maximum absolute atomic E-state index is 5.13.